The van der Waals surface area contributed by atoms with E-state index in [-0.39, 0.29) is 27.5 Å². The normalized spacial score (nSPS) is 12.8. The van der Waals surface area contributed by atoms with E-state index in [9.17, 15) is 23.1 Å². The first-order valence-electron chi connectivity index (χ1n) is 10.1. The number of methoxy groups -OCH3 is 2. The van der Waals surface area contributed by atoms with Crippen LogP contribution in [0.5, 0.6) is 5.75 Å². The van der Waals surface area contributed by atoms with E-state index in [1.165, 1.54) is 32.4 Å². The molecule has 2 N–H and O–H groups in total. The predicted octanol–water partition coefficient (Wildman–Crippen LogP) is 3.18. The maximum absolute atomic E-state index is 12.8. The van der Waals surface area contributed by atoms with Gasteiger partial charge in [0.15, 0.2) is 0 Å². The molecule has 10 heteroatoms. The van der Waals surface area contributed by atoms with Crippen molar-refractivity contribution < 1.29 is 32.6 Å². The van der Waals surface area contributed by atoms with Crippen LogP contribution in [0.15, 0.2) is 53.4 Å². The second-order valence-corrected chi connectivity index (χ2v) is 9.15. The number of nitrogens with zero attached hydrogens (tertiary/aromatic N) is 1. The molecule has 1 aromatic heterocycles. The van der Waals surface area contributed by atoms with Gasteiger partial charge in [0.05, 0.1) is 30.4 Å². The number of fused-ring (bicyclic) bond motifs is 1. The molecule has 4 rings (SSSR count). The Kier molecular flexibility index (Phi) is 5.86. The van der Waals surface area contributed by atoms with Crippen LogP contribution < -0.4 is 4.72 Å². The van der Waals surface area contributed by atoms with E-state index in [2.05, 4.69) is 4.72 Å². The molecule has 1 aliphatic rings. The second-order valence-electron chi connectivity index (χ2n) is 7.47. The number of phenolic OH excluding ortho intramolecular Hbond substituents is 1. The van der Waals surface area contributed by atoms with Crippen molar-refractivity contribution in [1.82, 2.24) is 4.57 Å². The van der Waals surface area contributed by atoms with Crippen LogP contribution in [0.4, 0.5) is 5.69 Å². The van der Waals surface area contributed by atoms with Crippen molar-refractivity contribution in [2.45, 2.75) is 24.3 Å². The Balaban J connectivity index is 1.82. The number of rotatable bonds is 6. The summed E-state index contributed by atoms with van der Waals surface area (Å²) < 4.78 is 39.8. The highest BCUT2D eigenvalue weighted by Crippen LogP contribution is 2.38. The Labute approximate surface area is 190 Å². The molecular formula is C23H22N2O7S. The first-order chi connectivity index (χ1) is 15.8. The number of hydrogen-bond acceptors (Lipinski definition) is 7. The fourth-order valence-corrected chi connectivity index (χ4v) is 5.19. The average molecular weight is 471 g/mol. The van der Waals surface area contributed by atoms with E-state index in [0.717, 1.165) is 12.5 Å². The monoisotopic (exact) mass is 470 g/mol. The van der Waals surface area contributed by atoms with Crippen LogP contribution in [0, 0.1) is 0 Å². The zero-order valence-electron chi connectivity index (χ0n) is 18.0. The molecule has 0 unspecified atom stereocenters. The van der Waals surface area contributed by atoms with Crippen molar-refractivity contribution in [2.75, 3.05) is 18.9 Å². The molecule has 0 aliphatic carbocycles. The smallest absolute Gasteiger partial charge is 0.340 e. The predicted molar refractivity (Wildman–Crippen MR) is 120 cm³/mol. The molecule has 0 atom stereocenters. The van der Waals surface area contributed by atoms with E-state index in [1.54, 1.807) is 24.3 Å². The SMILES string of the molecule is COC(=O)c1c(C(=O)OC)c(-c2cccc(NS(=O)(=O)c3cccc(O)c3)c2)n2c1CCC2. The summed E-state index contributed by atoms with van der Waals surface area (Å²) >= 11 is 0. The number of esters is 2. The summed E-state index contributed by atoms with van der Waals surface area (Å²) in [6.07, 6.45) is 1.38. The molecule has 172 valence electrons. The fourth-order valence-electron chi connectivity index (χ4n) is 4.10. The van der Waals surface area contributed by atoms with Crippen molar-refractivity contribution in [3.63, 3.8) is 0 Å². The topological polar surface area (TPSA) is 124 Å². The molecule has 0 fully saturated rings. The van der Waals surface area contributed by atoms with Gasteiger partial charge in [-0.15, -0.1) is 0 Å². The van der Waals surface area contributed by atoms with E-state index in [1.807, 2.05) is 4.57 Å². The van der Waals surface area contributed by atoms with E-state index in [0.29, 0.717) is 29.9 Å². The standard InChI is InChI=1S/C23H22N2O7S/c1-31-22(27)19-18-10-5-11-25(18)21(20(19)23(28)32-2)14-6-3-7-15(12-14)24-33(29,30)17-9-4-8-16(26)13-17/h3-4,6-9,12-13,24,26H,5,10-11H2,1-2H3. The number of phenols is 1. The van der Waals surface area contributed by atoms with Gasteiger partial charge in [-0.25, -0.2) is 18.0 Å². The van der Waals surface area contributed by atoms with Gasteiger partial charge in [0.2, 0.25) is 0 Å². The summed E-state index contributed by atoms with van der Waals surface area (Å²) in [5.74, 6) is -1.49. The summed E-state index contributed by atoms with van der Waals surface area (Å²) in [7, 11) is -1.49. The number of sulfonamides is 1. The number of carbonyl (C=O) groups is 2. The quantitative estimate of drug-likeness (QED) is 0.530. The molecule has 0 spiro atoms. The highest BCUT2D eigenvalue weighted by Gasteiger charge is 2.34. The first kappa shape index (κ1) is 22.4. The molecule has 9 nitrogen and oxygen atoms in total. The highest BCUT2D eigenvalue weighted by atomic mass is 32.2. The van der Waals surface area contributed by atoms with Crippen molar-refractivity contribution >= 4 is 27.6 Å². The van der Waals surface area contributed by atoms with Crippen LogP contribution in [-0.2, 0) is 32.5 Å². The van der Waals surface area contributed by atoms with Crippen LogP contribution in [0.25, 0.3) is 11.3 Å². The highest BCUT2D eigenvalue weighted by molar-refractivity contribution is 7.92. The summed E-state index contributed by atoms with van der Waals surface area (Å²) in [6.45, 7) is 0.588. The molecule has 33 heavy (non-hydrogen) atoms. The summed E-state index contributed by atoms with van der Waals surface area (Å²) in [5, 5.41) is 9.62. The number of aromatic nitrogens is 1. The number of hydrogen-bond donors (Lipinski definition) is 2. The minimum absolute atomic E-state index is 0.0899. The number of carbonyl (C=O) groups excluding carboxylic acids is 2. The fraction of sp³-hybridized carbons (Fsp3) is 0.217. The number of benzene rings is 2. The van der Waals surface area contributed by atoms with Gasteiger partial charge in [-0.2, -0.15) is 0 Å². The van der Waals surface area contributed by atoms with E-state index < -0.39 is 22.0 Å². The summed E-state index contributed by atoms with van der Waals surface area (Å²) in [5.41, 5.74) is 2.19. The maximum Gasteiger partial charge on any atom is 0.340 e. The van der Waals surface area contributed by atoms with Gasteiger partial charge in [0.25, 0.3) is 10.0 Å². The van der Waals surface area contributed by atoms with Crippen molar-refractivity contribution in [3.05, 3.63) is 65.4 Å². The number of ether oxygens (including phenoxy) is 2. The van der Waals surface area contributed by atoms with Crippen molar-refractivity contribution in [3.8, 4) is 17.0 Å². The largest absolute Gasteiger partial charge is 0.508 e. The van der Waals surface area contributed by atoms with E-state index >= 15 is 0 Å². The zero-order chi connectivity index (χ0) is 23.8. The van der Waals surface area contributed by atoms with Crippen LogP contribution in [0.3, 0.4) is 0 Å². The Hall–Kier alpha value is -3.79. The lowest BCUT2D eigenvalue weighted by Crippen LogP contribution is -2.13. The maximum atomic E-state index is 12.8. The van der Waals surface area contributed by atoms with Gasteiger partial charge in [-0.3, -0.25) is 4.72 Å². The third-order valence-corrected chi connectivity index (χ3v) is 6.84. The molecule has 0 radical (unpaired) electrons. The van der Waals surface area contributed by atoms with E-state index in [4.69, 9.17) is 9.47 Å². The van der Waals surface area contributed by atoms with Gasteiger partial charge in [-0.05, 0) is 37.1 Å². The zero-order valence-corrected chi connectivity index (χ0v) is 18.8. The van der Waals surface area contributed by atoms with Crippen LogP contribution in [-0.4, -0.2) is 44.2 Å². The number of nitrogens with one attached hydrogen (secondary N) is 1. The third kappa shape index (κ3) is 4.05. The van der Waals surface area contributed by atoms with Gasteiger partial charge >= 0.3 is 11.9 Å². The van der Waals surface area contributed by atoms with Gasteiger partial charge < -0.3 is 19.1 Å². The molecule has 1 aliphatic heterocycles. The second kappa shape index (κ2) is 8.62. The summed E-state index contributed by atoms with van der Waals surface area (Å²) in [6, 6.07) is 11.8. The van der Waals surface area contributed by atoms with Crippen LogP contribution in [0.2, 0.25) is 0 Å². The van der Waals surface area contributed by atoms with Gasteiger partial charge in [0.1, 0.15) is 11.3 Å². The Morgan fingerprint density at radius 1 is 1.00 bits per heavy atom. The molecule has 2 heterocycles. The lowest BCUT2D eigenvalue weighted by molar-refractivity contribution is 0.0556. The molecule has 2 aromatic carbocycles. The molecule has 3 aromatic rings. The Morgan fingerprint density at radius 3 is 2.39 bits per heavy atom. The summed E-state index contributed by atoms with van der Waals surface area (Å²) in [4.78, 5) is 25.2. The molecular weight excluding hydrogens is 448 g/mol. The molecule has 0 bridgehead atoms. The number of anilines is 1. The van der Waals surface area contributed by atoms with Crippen molar-refractivity contribution in [1.29, 1.82) is 0 Å². The van der Waals surface area contributed by atoms with Crippen molar-refractivity contribution in [2.24, 2.45) is 0 Å². The first-order valence-corrected chi connectivity index (χ1v) is 11.6. The Morgan fingerprint density at radius 2 is 1.70 bits per heavy atom. The molecule has 0 saturated carbocycles. The lowest BCUT2D eigenvalue weighted by atomic mass is 10.0. The minimum Gasteiger partial charge on any atom is -0.508 e. The minimum atomic E-state index is -3.97. The third-order valence-electron chi connectivity index (χ3n) is 5.46. The van der Waals surface area contributed by atoms with Gasteiger partial charge in [-0.1, -0.05) is 18.2 Å². The molecule has 0 saturated heterocycles. The van der Waals surface area contributed by atoms with Crippen LogP contribution >= 0.6 is 0 Å². The lowest BCUT2D eigenvalue weighted by Gasteiger charge is -2.12. The number of aromatic hydroxyl groups is 1. The Bertz CT molecular complexity index is 1360. The average Bonchev–Trinajstić information content (AvgIpc) is 3.38. The van der Waals surface area contributed by atoms with Gasteiger partial charge in [0, 0.05) is 29.6 Å². The van der Waals surface area contributed by atoms with Crippen LogP contribution in [0.1, 0.15) is 32.8 Å². The molecule has 0 amide bonds.